The Hall–Kier alpha value is -2.22. The lowest BCUT2D eigenvalue weighted by Gasteiger charge is -2.35. The van der Waals surface area contributed by atoms with E-state index in [0.29, 0.717) is 22.9 Å². The molecule has 8 heteroatoms. The number of hydrogen-bond acceptors (Lipinski definition) is 6. The summed E-state index contributed by atoms with van der Waals surface area (Å²) in [5, 5.41) is 4.19. The van der Waals surface area contributed by atoms with Gasteiger partial charge in [-0.3, -0.25) is 4.57 Å². The van der Waals surface area contributed by atoms with Gasteiger partial charge in [0.25, 0.3) is 0 Å². The van der Waals surface area contributed by atoms with Gasteiger partial charge in [-0.05, 0) is 89.0 Å². The Morgan fingerprint density at radius 3 is 2.71 bits per heavy atom. The molecule has 34 heavy (non-hydrogen) atoms. The van der Waals surface area contributed by atoms with Crippen LogP contribution < -0.4 is 11.1 Å². The minimum absolute atomic E-state index is 0.0789. The van der Waals surface area contributed by atoms with Crippen molar-refractivity contribution in [1.29, 1.82) is 0 Å². The lowest BCUT2D eigenvalue weighted by atomic mass is 9.86. The molecule has 5 rings (SSSR count). The van der Waals surface area contributed by atoms with E-state index in [9.17, 15) is 0 Å². The van der Waals surface area contributed by atoms with Gasteiger partial charge in [-0.1, -0.05) is 17.7 Å². The molecule has 1 saturated heterocycles. The first-order chi connectivity index (χ1) is 16.4. The number of aromatic nitrogens is 4. The van der Waals surface area contributed by atoms with E-state index in [1.807, 2.05) is 30.5 Å². The Morgan fingerprint density at radius 2 is 1.97 bits per heavy atom. The Morgan fingerprint density at radius 1 is 1.15 bits per heavy atom. The van der Waals surface area contributed by atoms with Crippen molar-refractivity contribution in [2.45, 2.75) is 70.4 Å². The highest BCUT2D eigenvalue weighted by Crippen LogP contribution is 2.37. The van der Waals surface area contributed by atoms with E-state index in [-0.39, 0.29) is 5.60 Å². The lowest BCUT2D eigenvalue weighted by Crippen LogP contribution is -2.34. The number of halogens is 1. The van der Waals surface area contributed by atoms with Gasteiger partial charge in [0, 0.05) is 29.8 Å². The molecule has 7 nitrogen and oxygen atoms in total. The van der Waals surface area contributed by atoms with Crippen molar-refractivity contribution in [2.24, 2.45) is 17.6 Å². The number of nitrogens with one attached hydrogen (secondary N) is 1. The van der Waals surface area contributed by atoms with E-state index >= 15 is 0 Å². The molecule has 182 valence electrons. The number of benzene rings is 1. The number of ether oxygens (including phenoxy) is 1. The second-order valence-electron chi connectivity index (χ2n) is 10.5. The first-order valence-corrected chi connectivity index (χ1v) is 12.9. The predicted molar refractivity (Wildman–Crippen MR) is 137 cm³/mol. The van der Waals surface area contributed by atoms with Gasteiger partial charge in [-0.15, -0.1) is 0 Å². The van der Waals surface area contributed by atoms with Crippen molar-refractivity contribution in [3.8, 4) is 0 Å². The van der Waals surface area contributed by atoms with Crippen LogP contribution in [0.15, 0.2) is 30.5 Å². The molecular formula is C26H35ClN6O. The third-order valence-electron chi connectivity index (χ3n) is 7.35. The molecule has 3 heterocycles. The van der Waals surface area contributed by atoms with E-state index in [2.05, 4.69) is 23.7 Å². The van der Waals surface area contributed by atoms with Crippen molar-refractivity contribution in [3.63, 3.8) is 0 Å². The monoisotopic (exact) mass is 482 g/mol. The maximum Gasteiger partial charge on any atom is 0.209 e. The SMILES string of the molecule is CC1(C)CC(Cc2ncc3nc(Nc4cccc(Cl)c4)n(C4CCC(CN)CC4)c3n2)CCO1. The standard InChI is InChI=1S/C26H35ClN6O/c1-26(2)14-18(10-11-34-26)12-23-29-16-22-24(32-23)33(21-8-6-17(15-28)7-9-21)25(31-22)30-20-5-3-4-19(27)13-20/h3-5,13,16-18,21H,6-12,14-15,28H2,1-2H3,(H,30,31). The smallest absolute Gasteiger partial charge is 0.209 e. The summed E-state index contributed by atoms with van der Waals surface area (Å²) in [6.45, 7) is 5.90. The zero-order valence-corrected chi connectivity index (χ0v) is 20.9. The summed E-state index contributed by atoms with van der Waals surface area (Å²) in [7, 11) is 0. The maximum absolute atomic E-state index is 6.23. The topological polar surface area (TPSA) is 90.9 Å². The summed E-state index contributed by atoms with van der Waals surface area (Å²) in [6, 6.07) is 8.07. The first-order valence-electron chi connectivity index (χ1n) is 12.5. The van der Waals surface area contributed by atoms with E-state index in [1.54, 1.807) is 0 Å². The molecule has 1 saturated carbocycles. The third kappa shape index (κ3) is 5.21. The molecule has 0 amide bonds. The average Bonchev–Trinajstić information content (AvgIpc) is 3.15. The summed E-state index contributed by atoms with van der Waals surface area (Å²) in [6.07, 6.45) is 9.24. The van der Waals surface area contributed by atoms with Crippen LogP contribution in [0, 0.1) is 11.8 Å². The molecule has 2 aromatic heterocycles. The van der Waals surface area contributed by atoms with Gasteiger partial charge in [0.2, 0.25) is 5.95 Å². The maximum atomic E-state index is 6.23. The lowest BCUT2D eigenvalue weighted by molar-refractivity contribution is -0.0723. The minimum atomic E-state index is -0.0789. The Bertz CT molecular complexity index is 1140. The van der Waals surface area contributed by atoms with Crippen LogP contribution in [-0.4, -0.2) is 38.3 Å². The van der Waals surface area contributed by atoms with Crippen LogP contribution >= 0.6 is 11.6 Å². The second kappa shape index (κ2) is 9.80. The van der Waals surface area contributed by atoms with Crippen LogP contribution in [0.1, 0.15) is 64.2 Å². The Balaban J connectivity index is 1.48. The van der Waals surface area contributed by atoms with Crippen LogP contribution in [0.2, 0.25) is 5.02 Å². The molecule has 2 fully saturated rings. The van der Waals surface area contributed by atoms with Crippen LogP contribution in [0.3, 0.4) is 0 Å². The van der Waals surface area contributed by atoms with Gasteiger partial charge in [-0.25, -0.2) is 15.0 Å². The normalized spacial score (nSPS) is 24.9. The quantitative estimate of drug-likeness (QED) is 0.471. The molecule has 1 unspecified atom stereocenters. The number of nitrogens with zero attached hydrogens (tertiary/aromatic N) is 4. The number of rotatable bonds is 6. The number of imidazole rings is 1. The van der Waals surface area contributed by atoms with E-state index in [4.69, 9.17) is 37.0 Å². The van der Waals surface area contributed by atoms with Crippen LogP contribution in [-0.2, 0) is 11.2 Å². The Kier molecular flexibility index (Phi) is 6.78. The van der Waals surface area contributed by atoms with E-state index in [0.717, 1.165) is 86.7 Å². The number of hydrogen-bond donors (Lipinski definition) is 2. The molecule has 0 radical (unpaired) electrons. The number of nitrogens with two attached hydrogens (primary N) is 1. The molecule has 1 aliphatic heterocycles. The molecule has 1 atom stereocenters. The van der Waals surface area contributed by atoms with Gasteiger partial charge in [0.15, 0.2) is 5.65 Å². The molecule has 1 aliphatic carbocycles. The largest absolute Gasteiger partial charge is 0.376 e. The predicted octanol–water partition coefficient (Wildman–Crippen LogP) is 5.66. The third-order valence-corrected chi connectivity index (χ3v) is 7.58. The molecule has 1 aromatic carbocycles. The first kappa shape index (κ1) is 23.5. The summed E-state index contributed by atoms with van der Waals surface area (Å²) >= 11 is 6.23. The number of fused-ring (bicyclic) bond motifs is 1. The zero-order chi connectivity index (χ0) is 23.7. The van der Waals surface area contributed by atoms with Crippen molar-refractivity contribution in [1.82, 2.24) is 19.5 Å². The van der Waals surface area contributed by atoms with Crippen LogP contribution in [0.4, 0.5) is 11.6 Å². The Labute approximate surface area is 206 Å². The van der Waals surface area contributed by atoms with Gasteiger partial charge in [0.05, 0.1) is 11.8 Å². The van der Waals surface area contributed by atoms with Crippen molar-refractivity contribution < 1.29 is 4.74 Å². The number of anilines is 2. The van der Waals surface area contributed by atoms with Crippen molar-refractivity contribution >= 4 is 34.4 Å². The molecule has 0 bridgehead atoms. The fraction of sp³-hybridized carbons (Fsp3) is 0.577. The van der Waals surface area contributed by atoms with Gasteiger partial charge in [0.1, 0.15) is 11.3 Å². The minimum Gasteiger partial charge on any atom is -0.376 e. The van der Waals surface area contributed by atoms with Gasteiger partial charge >= 0.3 is 0 Å². The van der Waals surface area contributed by atoms with Crippen molar-refractivity contribution in [3.05, 3.63) is 41.3 Å². The highest BCUT2D eigenvalue weighted by molar-refractivity contribution is 6.30. The molecular weight excluding hydrogens is 448 g/mol. The van der Waals surface area contributed by atoms with Gasteiger partial charge in [-0.2, -0.15) is 0 Å². The second-order valence-corrected chi connectivity index (χ2v) is 11.0. The fourth-order valence-electron chi connectivity index (χ4n) is 5.58. The van der Waals surface area contributed by atoms with Gasteiger partial charge < -0.3 is 15.8 Å². The van der Waals surface area contributed by atoms with Crippen LogP contribution in [0.25, 0.3) is 11.2 Å². The summed E-state index contributed by atoms with van der Waals surface area (Å²) in [5.74, 6) is 2.83. The summed E-state index contributed by atoms with van der Waals surface area (Å²) in [4.78, 5) is 14.7. The van der Waals surface area contributed by atoms with E-state index in [1.165, 1.54) is 0 Å². The van der Waals surface area contributed by atoms with Crippen molar-refractivity contribution in [2.75, 3.05) is 18.5 Å². The van der Waals surface area contributed by atoms with Crippen LogP contribution in [0.5, 0.6) is 0 Å². The zero-order valence-electron chi connectivity index (χ0n) is 20.1. The average molecular weight is 483 g/mol. The highest BCUT2D eigenvalue weighted by atomic mass is 35.5. The molecule has 3 N–H and O–H groups in total. The molecule has 3 aromatic rings. The summed E-state index contributed by atoms with van der Waals surface area (Å²) in [5.41, 5.74) is 8.53. The molecule has 0 spiro atoms. The van der Waals surface area contributed by atoms with E-state index < -0.39 is 0 Å². The summed E-state index contributed by atoms with van der Waals surface area (Å²) < 4.78 is 8.20. The highest BCUT2D eigenvalue weighted by Gasteiger charge is 2.30. The molecule has 2 aliphatic rings. The fourth-order valence-corrected chi connectivity index (χ4v) is 5.77.